The summed E-state index contributed by atoms with van der Waals surface area (Å²) < 4.78 is 53.7. The molecule has 3 N–H and O–H groups in total. The van der Waals surface area contributed by atoms with Gasteiger partial charge in [0.05, 0.1) is 119 Å². The van der Waals surface area contributed by atoms with E-state index in [9.17, 15) is 38.4 Å². The van der Waals surface area contributed by atoms with Gasteiger partial charge in [0.25, 0.3) is 23.6 Å². The number of ether oxygens (including phenoxy) is 10. The molecule has 0 saturated carbocycles. The van der Waals surface area contributed by atoms with Crippen molar-refractivity contribution in [3.63, 3.8) is 0 Å². The summed E-state index contributed by atoms with van der Waals surface area (Å²) in [5, 5.41) is 8.53. The van der Waals surface area contributed by atoms with Crippen molar-refractivity contribution in [2.24, 2.45) is 0 Å². The van der Waals surface area contributed by atoms with Gasteiger partial charge in [-0.25, -0.2) is 4.79 Å². The third-order valence-corrected chi connectivity index (χ3v) is 9.28. The molecule has 0 radical (unpaired) electrons. The van der Waals surface area contributed by atoms with Crippen molar-refractivity contribution in [2.75, 3.05) is 152 Å². The van der Waals surface area contributed by atoms with Crippen LogP contribution in [0.4, 0.5) is 0 Å². The lowest BCUT2D eigenvalue weighted by atomic mass is 10.1. The standard InChI is InChI=1S/C43H71N5O19/c1-57-16-17-58-18-19-59-20-21-60-22-23-61-24-25-62-26-27-63-28-29-64-30-31-65-32-33-66-34-37(50)44-13-3-2-6-35(46-36(49)7-5-15-47-38(51)9-10-39(47)52)43(56)45-14-4-8-42(55)67-48-40(53)11-12-41(48)54/h9-10,35H,2-8,11-34H2,1H3,(H,44,50)(H,45,56)(H,46,49). The van der Waals surface area contributed by atoms with Gasteiger partial charge in [-0.1, -0.05) is 0 Å². The van der Waals surface area contributed by atoms with Crippen LogP contribution in [0.3, 0.4) is 0 Å². The van der Waals surface area contributed by atoms with Crippen molar-refractivity contribution in [1.82, 2.24) is 25.9 Å². The lowest BCUT2D eigenvalue weighted by Gasteiger charge is -2.19. The Morgan fingerprint density at radius 2 is 0.985 bits per heavy atom. The van der Waals surface area contributed by atoms with Crippen LogP contribution >= 0.6 is 0 Å². The molecule has 24 nitrogen and oxygen atoms in total. The van der Waals surface area contributed by atoms with E-state index in [0.29, 0.717) is 130 Å². The minimum absolute atomic E-state index is 0.0308. The molecular formula is C43H71N5O19. The smallest absolute Gasteiger partial charge is 0.333 e. The van der Waals surface area contributed by atoms with Crippen molar-refractivity contribution in [3.05, 3.63) is 12.2 Å². The van der Waals surface area contributed by atoms with Gasteiger partial charge in [0.15, 0.2) is 0 Å². The number of carbonyl (C=O) groups is 8. The molecule has 0 aliphatic carbocycles. The van der Waals surface area contributed by atoms with Crippen LogP contribution in [-0.4, -0.2) is 216 Å². The van der Waals surface area contributed by atoms with Gasteiger partial charge in [-0.05, 0) is 32.1 Å². The highest BCUT2D eigenvalue weighted by Crippen LogP contribution is 2.13. The van der Waals surface area contributed by atoms with E-state index >= 15 is 0 Å². The molecular weight excluding hydrogens is 890 g/mol. The Bertz CT molecular complexity index is 1450. The van der Waals surface area contributed by atoms with Crippen LogP contribution in [0.1, 0.15) is 57.8 Å². The second kappa shape index (κ2) is 39.5. The number of unbranched alkanes of at least 4 members (excludes halogenated alkanes) is 1. The maximum Gasteiger partial charge on any atom is 0.333 e. The predicted molar refractivity (Wildman–Crippen MR) is 233 cm³/mol. The van der Waals surface area contributed by atoms with Crippen molar-refractivity contribution in [3.8, 4) is 0 Å². The summed E-state index contributed by atoms with van der Waals surface area (Å²) >= 11 is 0. The van der Waals surface area contributed by atoms with E-state index in [1.165, 1.54) is 0 Å². The Labute approximate surface area is 391 Å². The monoisotopic (exact) mass is 961 g/mol. The van der Waals surface area contributed by atoms with Crippen molar-refractivity contribution in [1.29, 1.82) is 0 Å². The molecule has 2 aliphatic rings. The molecule has 24 heteroatoms. The summed E-state index contributed by atoms with van der Waals surface area (Å²) in [5.41, 5.74) is 0. The normalized spacial score (nSPS) is 14.0. The minimum atomic E-state index is -0.950. The first-order valence-electron chi connectivity index (χ1n) is 22.7. The van der Waals surface area contributed by atoms with Crippen LogP contribution in [0.5, 0.6) is 0 Å². The van der Waals surface area contributed by atoms with E-state index in [0.717, 1.165) is 17.1 Å². The average Bonchev–Trinajstić information content (AvgIpc) is 3.81. The summed E-state index contributed by atoms with van der Waals surface area (Å²) in [4.78, 5) is 103. The highest BCUT2D eigenvalue weighted by Gasteiger charge is 2.32. The van der Waals surface area contributed by atoms with Gasteiger partial charge >= 0.3 is 5.97 Å². The second-order valence-electron chi connectivity index (χ2n) is 14.6. The van der Waals surface area contributed by atoms with Crippen molar-refractivity contribution in [2.45, 2.75) is 63.8 Å². The molecule has 0 bridgehead atoms. The quantitative estimate of drug-likeness (QED) is 0.0476. The number of amides is 7. The lowest BCUT2D eigenvalue weighted by molar-refractivity contribution is -0.197. The number of imide groups is 2. The van der Waals surface area contributed by atoms with Crippen LogP contribution in [0.25, 0.3) is 0 Å². The summed E-state index contributed by atoms with van der Waals surface area (Å²) in [6.45, 7) is 8.11. The third-order valence-electron chi connectivity index (χ3n) is 9.28. The average molecular weight is 962 g/mol. The fourth-order valence-electron chi connectivity index (χ4n) is 5.78. The Kier molecular flexibility index (Phi) is 34.6. The highest BCUT2D eigenvalue weighted by atomic mass is 16.7. The van der Waals surface area contributed by atoms with Gasteiger partial charge in [0.2, 0.25) is 17.7 Å². The number of hydroxylamine groups is 2. The first kappa shape index (κ1) is 58.6. The van der Waals surface area contributed by atoms with Crippen LogP contribution in [0.2, 0.25) is 0 Å². The van der Waals surface area contributed by atoms with Gasteiger partial charge in [-0.15, -0.1) is 5.06 Å². The lowest BCUT2D eigenvalue weighted by Crippen LogP contribution is -2.47. The number of nitrogens with one attached hydrogen (secondary N) is 3. The second-order valence-corrected chi connectivity index (χ2v) is 14.6. The maximum absolute atomic E-state index is 13.0. The SMILES string of the molecule is COCCOCCOCCOCCOCCOCCOCCOCCOCCOCC(=O)NCCCCC(NC(=O)CCCN1C(=O)C=CC1=O)C(=O)NCCCC(=O)ON1C(=O)CCC1=O. The van der Waals surface area contributed by atoms with E-state index in [2.05, 4.69) is 16.0 Å². The molecule has 1 fully saturated rings. The molecule has 1 atom stereocenters. The zero-order chi connectivity index (χ0) is 48.6. The Morgan fingerprint density at radius 3 is 1.46 bits per heavy atom. The molecule has 2 aliphatic heterocycles. The first-order chi connectivity index (χ1) is 32.6. The largest absolute Gasteiger partial charge is 0.382 e. The first-order valence-corrected chi connectivity index (χ1v) is 22.7. The summed E-state index contributed by atoms with van der Waals surface area (Å²) in [6, 6.07) is -0.950. The van der Waals surface area contributed by atoms with E-state index in [-0.39, 0.29) is 83.8 Å². The number of nitrogens with zero attached hydrogens (tertiary/aromatic N) is 2. The highest BCUT2D eigenvalue weighted by molar-refractivity contribution is 6.12. The molecule has 0 spiro atoms. The van der Waals surface area contributed by atoms with Crippen molar-refractivity contribution >= 4 is 47.3 Å². The maximum atomic E-state index is 13.0. The van der Waals surface area contributed by atoms with Gasteiger partial charge in [0.1, 0.15) is 12.6 Å². The molecule has 67 heavy (non-hydrogen) atoms. The predicted octanol–water partition coefficient (Wildman–Crippen LogP) is -1.24. The molecule has 1 unspecified atom stereocenters. The van der Waals surface area contributed by atoms with Gasteiger partial charge in [0, 0.05) is 64.6 Å². The van der Waals surface area contributed by atoms with E-state index in [4.69, 9.17) is 52.2 Å². The third kappa shape index (κ3) is 30.5. The van der Waals surface area contributed by atoms with Crippen LogP contribution in [-0.2, 0) is 90.6 Å². The molecule has 1 saturated heterocycles. The van der Waals surface area contributed by atoms with Gasteiger partial charge in [-0.3, -0.25) is 38.5 Å². The van der Waals surface area contributed by atoms with Crippen LogP contribution in [0, 0.1) is 0 Å². The molecule has 2 rings (SSSR count). The fraction of sp³-hybridized carbons (Fsp3) is 0.767. The molecule has 0 aromatic rings. The molecule has 0 aromatic carbocycles. The molecule has 7 amide bonds. The zero-order valence-corrected chi connectivity index (χ0v) is 38.8. The number of hydrogen-bond donors (Lipinski definition) is 3. The number of hydrogen-bond acceptors (Lipinski definition) is 19. The Hall–Kier alpha value is -4.50. The number of carbonyl (C=O) groups excluding carboxylic acids is 8. The van der Waals surface area contributed by atoms with E-state index in [1.807, 2.05) is 0 Å². The Balaban J connectivity index is 1.43. The fourth-order valence-corrected chi connectivity index (χ4v) is 5.78. The summed E-state index contributed by atoms with van der Waals surface area (Å²) in [7, 11) is 1.63. The van der Waals surface area contributed by atoms with Crippen molar-refractivity contribution < 1.29 is 90.6 Å². The number of rotatable bonds is 45. The topological polar surface area (TPSA) is 281 Å². The van der Waals surface area contributed by atoms with Gasteiger partial charge < -0.3 is 68.2 Å². The van der Waals surface area contributed by atoms with Gasteiger partial charge in [-0.2, -0.15) is 0 Å². The van der Waals surface area contributed by atoms with E-state index in [1.54, 1.807) is 7.11 Å². The summed E-state index contributed by atoms with van der Waals surface area (Å²) in [5.74, 6) is -4.22. The molecule has 0 aromatic heterocycles. The van der Waals surface area contributed by atoms with E-state index < -0.39 is 47.5 Å². The number of methoxy groups -OCH3 is 1. The van der Waals surface area contributed by atoms with Crippen LogP contribution in [0.15, 0.2) is 12.2 Å². The Morgan fingerprint density at radius 1 is 0.537 bits per heavy atom. The molecule has 382 valence electrons. The minimum Gasteiger partial charge on any atom is -0.382 e. The molecule has 2 heterocycles. The van der Waals surface area contributed by atoms with Crippen LogP contribution < -0.4 is 16.0 Å². The zero-order valence-electron chi connectivity index (χ0n) is 38.8. The summed E-state index contributed by atoms with van der Waals surface area (Å²) in [6.07, 6.45) is 3.50.